The highest BCUT2D eigenvalue weighted by atomic mass is 32.2. The number of esters is 1. The number of sulfone groups is 1. The Balaban J connectivity index is 1.52. The number of carbonyl (C=O) groups excluding carboxylic acids is 1. The van der Waals surface area contributed by atoms with E-state index in [4.69, 9.17) is 14.5 Å². The van der Waals surface area contributed by atoms with Crippen molar-refractivity contribution < 1.29 is 22.7 Å². The molecule has 0 saturated carbocycles. The number of nitrogens with zero attached hydrogens (tertiary/aromatic N) is 2. The van der Waals surface area contributed by atoms with E-state index >= 15 is 0 Å². The van der Waals surface area contributed by atoms with Crippen LogP contribution >= 0.6 is 11.8 Å². The molecule has 7 nitrogen and oxygen atoms in total. The van der Waals surface area contributed by atoms with Crippen LogP contribution in [0.1, 0.15) is 30.9 Å². The maximum atomic E-state index is 13.1. The standard InChI is InChI=1S/C34H34N2O5S2/c1-2-3-19-43(38,39)25-29(23-40-22-26-13-7-4-8-14-26)41-33(37)24-42-34-31(21-35)30(27-15-9-5-10-16-27)20-32(36-34)28-17-11-6-12-18-28/h4-18,20,29H,2-3,19,22-25H2,1H3. The lowest BCUT2D eigenvalue weighted by Gasteiger charge is -2.19. The van der Waals surface area contributed by atoms with Crippen LogP contribution in [0.2, 0.25) is 0 Å². The third-order valence-electron chi connectivity index (χ3n) is 6.54. The van der Waals surface area contributed by atoms with Crippen LogP contribution in [0.3, 0.4) is 0 Å². The molecule has 0 aliphatic carbocycles. The second kappa shape index (κ2) is 16.0. The van der Waals surface area contributed by atoms with Crippen LogP contribution in [-0.2, 0) is 30.7 Å². The highest BCUT2D eigenvalue weighted by Crippen LogP contribution is 2.34. The molecule has 1 unspecified atom stereocenters. The maximum Gasteiger partial charge on any atom is 0.316 e. The van der Waals surface area contributed by atoms with Gasteiger partial charge in [-0.05, 0) is 23.6 Å². The molecule has 3 aromatic carbocycles. The third-order valence-corrected chi connectivity index (χ3v) is 9.28. The van der Waals surface area contributed by atoms with E-state index in [1.807, 2.05) is 104 Å². The van der Waals surface area contributed by atoms with Crippen LogP contribution in [0.25, 0.3) is 22.4 Å². The quantitative estimate of drug-likeness (QED) is 0.107. The minimum absolute atomic E-state index is 0.0228. The van der Waals surface area contributed by atoms with Crippen LogP contribution in [-0.4, -0.2) is 49.3 Å². The van der Waals surface area contributed by atoms with Crippen molar-refractivity contribution in [2.75, 3.05) is 23.9 Å². The topological polar surface area (TPSA) is 106 Å². The number of hydrogen-bond donors (Lipinski definition) is 0. The monoisotopic (exact) mass is 614 g/mol. The van der Waals surface area contributed by atoms with Gasteiger partial charge in [0.15, 0.2) is 9.84 Å². The molecule has 222 valence electrons. The first kappa shape index (κ1) is 32.0. The average Bonchev–Trinajstić information content (AvgIpc) is 3.03. The lowest BCUT2D eigenvalue weighted by Crippen LogP contribution is -2.32. The number of thioether (sulfide) groups is 1. The minimum atomic E-state index is -3.45. The number of aromatic nitrogens is 1. The van der Waals surface area contributed by atoms with Crippen molar-refractivity contribution in [1.29, 1.82) is 5.26 Å². The second-order valence-corrected chi connectivity index (χ2v) is 13.1. The number of pyridine rings is 1. The Labute approximate surface area is 257 Å². The molecule has 43 heavy (non-hydrogen) atoms. The first-order chi connectivity index (χ1) is 20.9. The molecule has 0 fully saturated rings. The zero-order chi connectivity index (χ0) is 30.5. The normalized spacial score (nSPS) is 11.9. The summed E-state index contributed by atoms with van der Waals surface area (Å²) in [5.41, 5.74) is 4.40. The van der Waals surface area contributed by atoms with Crippen LogP contribution in [0, 0.1) is 11.3 Å². The largest absolute Gasteiger partial charge is 0.458 e. The Morgan fingerprint density at radius 3 is 2.21 bits per heavy atom. The summed E-state index contributed by atoms with van der Waals surface area (Å²) in [6, 6.07) is 32.8. The smallest absolute Gasteiger partial charge is 0.316 e. The molecule has 0 amide bonds. The molecule has 0 radical (unpaired) electrons. The minimum Gasteiger partial charge on any atom is -0.458 e. The molecule has 0 aliphatic heterocycles. The second-order valence-electron chi connectivity index (χ2n) is 9.95. The Kier molecular flexibility index (Phi) is 11.9. The Hall–Kier alpha value is -3.97. The summed E-state index contributed by atoms with van der Waals surface area (Å²) in [7, 11) is -3.45. The van der Waals surface area contributed by atoms with Gasteiger partial charge in [-0.25, -0.2) is 13.4 Å². The molecule has 9 heteroatoms. The van der Waals surface area contributed by atoms with E-state index in [1.165, 1.54) is 0 Å². The number of hydrogen-bond acceptors (Lipinski definition) is 8. The maximum absolute atomic E-state index is 13.1. The van der Waals surface area contributed by atoms with Gasteiger partial charge in [-0.3, -0.25) is 4.79 Å². The van der Waals surface area contributed by atoms with E-state index in [1.54, 1.807) is 0 Å². The summed E-state index contributed by atoms with van der Waals surface area (Å²) in [5.74, 6) is -1.06. The molecular formula is C34H34N2O5S2. The van der Waals surface area contributed by atoms with E-state index in [9.17, 15) is 18.5 Å². The molecule has 0 aliphatic rings. The van der Waals surface area contributed by atoms with Crippen molar-refractivity contribution in [3.63, 3.8) is 0 Å². The number of ether oxygens (including phenoxy) is 2. The molecule has 1 aromatic heterocycles. The summed E-state index contributed by atoms with van der Waals surface area (Å²) in [6.07, 6.45) is 0.317. The van der Waals surface area contributed by atoms with Gasteiger partial charge in [0.05, 0.1) is 41.7 Å². The van der Waals surface area contributed by atoms with Gasteiger partial charge in [-0.1, -0.05) is 116 Å². The highest BCUT2D eigenvalue weighted by Gasteiger charge is 2.24. The van der Waals surface area contributed by atoms with Crippen molar-refractivity contribution in [1.82, 2.24) is 4.98 Å². The molecule has 4 aromatic rings. The van der Waals surface area contributed by atoms with Crippen LogP contribution in [0.15, 0.2) is 102 Å². The van der Waals surface area contributed by atoms with Crippen LogP contribution < -0.4 is 0 Å². The number of rotatable bonds is 15. The zero-order valence-electron chi connectivity index (χ0n) is 24.0. The Morgan fingerprint density at radius 2 is 1.58 bits per heavy atom. The molecule has 1 heterocycles. The first-order valence-corrected chi connectivity index (χ1v) is 16.9. The van der Waals surface area contributed by atoms with Gasteiger partial charge in [-0.2, -0.15) is 5.26 Å². The lowest BCUT2D eigenvalue weighted by molar-refractivity contribution is -0.147. The third kappa shape index (κ3) is 9.79. The highest BCUT2D eigenvalue weighted by molar-refractivity contribution is 8.00. The van der Waals surface area contributed by atoms with E-state index in [0.717, 1.165) is 34.9 Å². The molecule has 0 spiro atoms. The molecule has 4 rings (SSSR count). The van der Waals surface area contributed by atoms with Gasteiger partial charge < -0.3 is 9.47 Å². The average molecular weight is 615 g/mol. The predicted molar refractivity (Wildman–Crippen MR) is 170 cm³/mol. The van der Waals surface area contributed by atoms with Gasteiger partial charge >= 0.3 is 5.97 Å². The lowest BCUT2D eigenvalue weighted by atomic mass is 9.99. The molecule has 0 bridgehead atoms. The van der Waals surface area contributed by atoms with E-state index in [-0.39, 0.29) is 30.5 Å². The summed E-state index contributed by atoms with van der Waals surface area (Å²) >= 11 is 1.09. The van der Waals surface area contributed by atoms with Crippen molar-refractivity contribution in [2.24, 2.45) is 0 Å². The van der Waals surface area contributed by atoms with Crippen LogP contribution in [0.4, 0.5) is 0 Å². The van der Waals surface area contributed by atoms with Crippen molar-refractivity contribution >= 4 is 27.6 Å². The van der Waals surface area contributed by atoms with Crippen LogP contribution in [0.5, 0.6) is 0 Å². The molecule has 1 atom stereocenters. The Bertz CT molecular complexity index is 1620. The Morgan fingerprint density at radius 1 is 0.953 bits per heavy atom. The van der Waals surface area contributed by atoms with Gasteiger partial charge in [0, 0.05) is 11.1 Å². The van der Waals surface area contributed by atoms with E-state index < -0.39 is 21.9 Å². The van der Waals surface area contributed by atoms with Gasteiger partial charge in [0.1, 0.15) is 17.2 Å². The number of carbonyl (C=O) groups is 1. The summed E-state index contributed by atoms with van der Waals surface area (Å²) in [5, 5.41) is 10.5. The SMILES string of the molecule is CCCCS(=O)(=O)CC(COCc1ccccc1)OC(=O)CSc1nc(-c2ccccc2)cc(-c2ccccc2)c1C#N. The number of benzene rings is 3. The molecule has 0 N–H and O–H groups in total. The van der Waals surface area contributed by atoms with E-state index in [0.29, 0.717) is 28.3 Å². The summed E-state index contributed by atoms with van der Waals surface area (Å²) in [6.45, 7) is 2.13. The first-order valence-electron chi connectivity index (χ1n) is 14.1. The molecule has 0 saturated heterocycles. The fourth-order valence-electron chi connectivity index (χ4n) is 4.41. The zero-order valence-corrected chi connectivity index (χ0v) is 25.6. The number of unbranched alkanes of at least 4 members (excludes halogenated alkanes) is 1. The van der Waals surface area contributed by atoms with Crippen molar-refractivity contribution in [3.8, 4) is 28.5 Å². The van der Waals surface area contributed by atoms with Crippen molar-refractivity contribution in [2.45, 2.75) is 37.5 Å². The molecular weight excluding hydrogens is 581 g/mol. The van der Waals surface area contributed by atoms with Gasteiger partial charge in [0.25, 0.3) is 0 Å². The number of nitriles is 1. The van der Waals surface area contributed by atoms with Crippen molar-refractivity contribution in [3.05, 3.63) is 108 Å². The van der Waals surface area contributed by atoms with Gasteiger partial charge in [-0.15, -0.1) is 0 Å². The fourth-order valence-corrected chi connectivity index (χ4v) is 6.82. The summed E-state index contributed by atoms with van der Waals surface area (Å²) < 4.78 is 36.9. The fraction of sp³-hybridized carbons (Fsp3) is 0.265. The van der Waals surface area contributed by atoms with E-state index in [2.05, 4.69) is 6.07 Å². The summed E-state index contributed by atoms with van der Waals surface area (Å²) in [4.78, 5) is 17.8. The van der Waals surface area contributed by atoms with Gasteiger partial charge in [0.2, 0.25) is 0 Å². The predicted octanol–water partition coefficient (Wildman–Crippen LogP) is 6.72.